The third-order valence-corrected chi connectivity index (χ3v) is 15.1. The molecule has 2 unspecified atom stereocenters. The summed E-state index contributed by atoms with van der Waals surface area (Å²) in [6.45, 7) is 5.36. The van der Waals surface area contributed by atoms with Crippen LogP contribution in [-0.2, 0) is 37.9 Å². The van der Waals surface area contributed by atoms with Crippen LogP contribution in [0.25, 0.3) is 34.5 Å². The van der Waals surface area contributed by atoms with Crippen LogP contribution in [0.4, 0.5) is 11.4 Å². The lowest BCUT2D eigenvalue weighted by atomic mass is 9.82. The zero-order valence-corrected chi connectivity index (χ0v) is 42.6. The van der Waals surface area contributed by atoms with Gasteiger partial charge in [-0.15, -0.1) is 0 Å². The van der Waals surface area contributed by atoms with E-state index in [1.807, 2.05) is 59.4 Å². The summed E-state index contributed by atoms with van der Waals surface area (Å²) in [5, 5.41) is 0. The summed E-state index contributed by atoms with van der Waals surface area (Å²) in [7, 11) is -7.82. The van der Waals surface area contributed by atoms with E-state index in [0.29, 0.717) is 81.2 Å². The normalized spacial score (nSPS) is 12.8. The number of hydrogen-bond acceptors (Lipinski definition) is 13. The van der Waals surface area contributed by atoms with Gasteiger partial charge in [0.1, 0.15) is 24.2 Å². The Bertz CT molecular complexity index is 3690. The molecule has 0 saturated heterocycles. The van der Waals surface area contributed by atoms with Crippen molar-refractivity contribution in [2.75, 3.05) is 9.44 Å². The molecule has 0 radical (unpaired) electrons. The zero-order chi connectivity index (χ0) is 52.7. The first-order valence-electron chi connectivity index (χ1n) is 24.1. The summed E-state index contributed by atoms with van der Waals surface area (Å²) in [4.78, 5) is 41.9. The second-order valence-corrected chi connectivity index (χ2v) is 20.6. The van der Waals surface area contributed by atoms with E-state index in [-0.39, 0.29) is 15.6 Å². The Morgan fingerprint density at radius 2 is 0.882 bits per heavy atom. The van der Waals surface area contributed by atoms with E-state index >= 15 is 4.79 Å². The number of ketones is 1. The van der Waals surface area contributed by atoms with Crippen LogP contribution in [0.1, 0.15) is 47.9 Å². The lowest BCUT2D eigenvalue weighted by Crippen LogP contribution is -2.19. The van der Waals surface area contributed by atoms with E-state index in [9.17, 15) is 16.8 Å². The molecule has 380 valence electrons. The lowest BCUT2D eigenvalue weighted by molar-refractivity contribution is -0.120. The van der Waals surface area contributed by atoms with Crippen molar-refractivity contribution in [1.82, 2.24) is 39.0 Å². The molecule has 0 fully saturated rings. The highest BCUT2D eigenvalue weighted by atomic mass is 32.2. The second kappa shape index (κ2) is 22.0. The molecule has 4 heterocycles. The molecule has 2 atom stereocenters. The Hall–Kier alpha value is -9.33. The standard InChI is InChI=1S/C57H48N10O7S2/c1-3-66-37-62-51-54(66)58-35-60-56(51)73-45-29-15-39(16-30-45)19-33-49(41-21-25-43(26-22-41)64-75(69,70)47-11-7-5-8-12-47)53(68)50(42-23-27-44(28-24-42)65-76(71,72)48-13-9-6-10-14-48)34-20-40-17-31-46(32-18-40)74-57-52-55(59-36-61-57)67(4-2)38-63-52/h5-38,49-50,64-65H,3-4H2,1-2H3/b33-19+,34-20+. The molecule has 10 rings (SSSR count). The minimum absolute atomic E-state index is 0.104. The number of fused-ring (bicyclic) bond motifs is 2. The Balaban J connectivity index is 0.975. The lowest BCUT2D eigenvalue weighted by Gasteiger charge is -2.20. The van der Waals surface area contributed by atoms with Gasteiger partial charge in [-0.1, -0.05) is 109 Å². The first-order valence-corrected chi connectivity index (χ1v) is 27.0. The van der Waals surface area contributed by atoms with Gasteiger partial charge in [-0.3, -0.25) is 14.2 Å². The third-order valence-electron chi connectivity index (χ3n) is 12.3. The third kappa shape index (κ3) is 11.2. The number of carbonyl (C=O) groups is 1. The molecule has 2 N–H and O–H groups in total. The van der Waals surface area contributed by atoms with Crippen LogP contribution in [0.5, 0.6) is 23.3 Å². The molecule has 10 aromatic rings. The van der Waals surface area contributed by atoms with Gasteiger partial charge in [0.25, 0.3) is 31.8 Å². The van der Waals surface area contributed by atoms with Crippen LogP contribution in [0.15, 0.2) is 205 Å². The molecular formula is C57H48N10O7S2. The highest BCUT2D eigenvalue weighted by molar-refractivity contribution is 7.93. The van der Waals surface area contributed by atoms with E-state index in [1.54, 1.807) is 134 Å². The van der Waals surface area contributed by atoms with Crippen molar-refractivity contribution < 1.29 is 31.1 Å². The Morgan fingerprint density at radius 1 is 0.500 bits per heavy atom. The molecule has 76 heavy (non-hydrogen) atoms. The van der Waals surface area contributed by atoms with E-state index in [2.05, 4.69) is 39.3 Å². The van der Waals surface area contributed by atoms with Crippen molar-refractivity contribution in [1.29, 1.82) is 0 Å². The number of aromatic nitrogens is 8. The van der Waals surface area contributed by atoms with Crippen molar-refractivity contribution in [3.05, 3.63) is 217 Å². The van der Waals surface area contributed by atoms with Crippen molar-refractivity contribution in [2.45, 2.75) is 48.6 Å². The predicted molar refractivity (Wildman–Crippen MR) is 291 cm³/mol. The average molecular weight is 1050 g/mol. The van der Waals surface area contributed by atoms with Crippen LogP contribution >= 0.6 is 0 Å². The topological polar surface area (TPSA) is 215 Å². The first kappa shape index (κ1) is 50.2. The van der Waals surface area contributed by atoms with Gasteiger partial charge in [0.2, 0.25) is 0 Å². The molecule has 17 nitrogen and oxygen atoms in total. The maximum atomic E-state index is 15.5. The van der Waals surface area contributed by atoms with Crippen LogP contribution in [0.3, 0.4) is 0 Å². The largest absolute Gasteiger partial charge is 0.437 e. The number of nitrogens with zero attached hydrogens (tertiary/aromatic N) is 8. The molecule has 4 aromatic heterocycles. The van der Waals surface area contributed by atoms with E-state index < -0.39 is 31.9 Å². The fourth-order valence-electron chi connectivity index (χ4n) is 8.34. The minimum atomic E-state index is -3.91. The number of ether oxygens (including phenoxy) is 2. The number of benzene rings is 6. The first-order chi connectivity index (χ1) is 36.9. The van der Waals surface area contributed by atoms with Crippen molar-refractivity contribution in [2.24, 2.45) is 0 Å². The second-order valence-electron chi connectivity index (χ2n) is 17.3. The SMILES string of the molecule is CCn1cnc2c(Oc3ccc(/C=C/C(C(=O)C(/C=C/c4ccc(Oc5ncnc6c5ncn6CC)cc4)c4ccc(NS(=O)(=O)c5ccccc5)cc4)c4ccc(NS(=O)(=O)c5ccccc5)cc4)cc3)ncnc21. The number of hydrogen-bond donors (Lipinski definition) is 2. The molecule has 0 aliphatic carbocycles. The molecule has 0 spiro atoms. The quantitative estimate of drug-likeness (QED) is 0.0727. The summed E-state index contributed by atoms with van der Waals surface area (Å²) < 4.78 is 74.6. The van der Waals surface area contributed by atoms with Gasteiger partial charge in [-0.25, -0.2) is 36.8 Å². The number of rotatable bonds is 20. The number of anilines is 2. The molecule has 6 aromatic carbocycles. The highest BCUT2D eigenvalue weighted by Crippen LogP contribution is 2.34. The fraction of sp³-hybridized carbons (Fsp3) is 0.105. The van der Waals surface area contributed by atoms with Gasteiger partial charge >= 0.3 is 0 Å². The van der Waals surface area contributed by atoms with Crippen LogP contribution < -0.4 is 18.9 Å². The summed E-state index contributed by atoms with van der Waals surface area (Å²) in [6, 6.07) is 44.0. The summed E-state index contributed by atoms with van der Waals surface area (Å²) in [5.41, 5.74) is 5.67. The monoisotopic (exact) mass is 1050 g/mol. The summed E-state index contributed by atoms with van der Waals surface area (Å²) >= 11 is 0. The Labute approximate surface area is 438 Å². The number of allylic oxidation sites excluding steroid dienone is 2. The van der Waals surface area contributed by atoms with E-state index in [1.165, 1.54) is 36.9 Å². The number of carbonyl (C=O) groups excluding carboxylic acids is 1. The van der Waals surface area contributed by atoms with Crippen LogP contribution in [0, 0.1) is 0 Å². The molecular weight excluding hydrogens is 1000 g/mol. The number of Topliss-reactive ketones (excluding diaryl/α,β-unsaturated/α-hetero) is 1. The number of aryl methyl sites for hydroxylation is 2. The fourth-order valence-corrected chi connectivity index (χ4v) is 10.5. The molecule has 19 heteroatoms. The predicted octanol–water partition coefficient (Wildman–Crippen LogP) is 11.1. The highest BCUT2D eigenvalue weighted by Gasteiger charge is 2.27. The van der Waals surface area contributed by atoms with Gasteiger partial charge in [-0.05, 0) is 109 Å². The Morgan fingerprint density at radius 3 is 1.25 bits per heavy atom. The number of nitrogens with one attached hydrogen (secondary N) is 2. The smallest absolute Gasteiger partial charge is 0.261 e. The molecule has 0 amide bonds. The van der Waals surface area contributed by atoms with Gasteiger partial charge in [-0.2, -0.15) is 9.97 Å². The maximum absolute atomic E-state index is 15.5. The average Bonchev–Trinajstić information content (AvgIpc) is 4.09. The molecule has 0 bridgehead atoms. The Kier molecular flexibility index (Phi) is 14.6. The molecule has 0 aliphatic heterocycles. The van der Waals surface area contributed by atoms with E-state index in [0.717, 1.165) is 11.1 Å². The summed E-state index contributed by atoms with van der Waals surface area (Å²) in [5.74, 6) is -0.356. The van der Waals surface area contributed by atoms with Crippen molar-refractivity contribution >= 4 is 71.7 Å². The van der Waals surface area contributed by atoms with Gasteiger partial charge in [0.05, 0.1) is 34.3 Å². The van der Waals surface area contributed by atoms with Crippen LogP contribution in [0.2, 0.25) is 0 Å². The van der Waals surface area contributed by atoms with Crippen molar-refractivity contribution in [3.8, 4) is 23.3 Å². The maximum Gasteiger partial charge on any atom is 0.261 e. The molecule has 0 aliphatic rings. The molecule has 0 saturated carbocycles. The minimum Gasteiger partial charge on any atom is -0.437 e. The van der Waals surface area contributed by atoms with Gasteiger partial charge in [0, 0.05) is 24.5 Å². The van der Waals surface area contributed by atoms with Gasteiger partial charge in [0.15, 0.2) is 28.1 Å². The number of sulfonamides is 2. The van der Waals surface area contributed by atoms with Crippen molar-refractivity contribution in [3.63, 3.8) is 0 Å². The van der Waals surface area contributed by atoms with Gasteiger partial charge < -0.3 is 18.6 Å². The number of imidazole rings is 2. The zero-order valence-electron chi connectivity index (χ0n) is 41.0. The van der Waals surface area contributed by atoms with Crippen LogP contribution in [-0.4, -0.2) is 61.7 Å². The van der Waals surface area contributed by atoms with E-state index in [4.69, 9.17) is 9.47 Å². The summed E-state index contributed by atoms with van der Waals surface area (Å²) in [6.07, 6.45) is 13.5.